The van der Waals surface area contributed by atoms with Crippen molar-refractivity contribution in [3.8, 4) is 0 Å². The van der Waals surface area contributed by atoms with Crippen molar-refractivity contribution >= 4 is 62.4 Å². The van der Waals surface area contributed by atoms with E-state index in [1.807, 2.05) is 0 Å². The summed E-state index contributed by atoms with van der Waals surface area (Å²) in [6, 6.07) is 8.02. The van der Waals surface area contributed by atoms with Gasteiger partial charge in [-0.3, -0.25) is 9.52 Å². The molecule has 3 N–H and O–H groups in total. The Morgan fingerprint density at radius 2 is 1.77 bits per heavy atom. The highest BCUT2D eigenvalue weighted by Crippen LogP contribution is 2.30. The maximum Gasteiger partial charge on any atom is 0.340 e. The minimum Gasteiger partial charge on any atom is -0.452 e. The molecule has 0 aliphatic rings. The molecule has 7 nitrogen and oxygen atoms in total. The number of ether oxygens (including phenoxy) is 1. The summed E-state index contributed by atoms with van der Waals surface area (Å²) >= 11 is 17.7. The van der Waals surface area contributed by atoms with Gasteiger partial charge in [0.15, 0.2) is 6.61 Å². The van der Waals surface area contributed by atoms with Gasteiger partial charge >= 0.3 is 5.97 Å². The quantitative estimate of drug-likeness (QED) is 0.674. The third kappa shape index (κ3) is 5.01. The average Bonchev–Trinajstić information content (AvgIpc) is 2.51. The summed E-state index contributed by atoms with van der Waals surface area (Å²) in [4.78, 5) is 22.3. The largest absolute Gasteiger partial charge is 0.452 e. The molecule has 0 radical (unpaired) electrons. The third-order valence-electron chi connectivity index (χ3n) is 2.95. The smallest absolute Gasteiger partial charge is 0.340 e. The molecule has 0 saturated heterocycles. The predicted molar refractivity (Wildman–Crippen MR) is 98.2 cm³/mol. The Morgan fingerprint density at radius 3 is 2.38 bits per heavy atom. The molecule has 0 atom stereocenters. The van der Waals surface area contributed by atoms with Crippen LogP contribution >= 0.6 is 34.8 Å². The molecule has 26 heavy (non-hydrogen) atoms. The molecule has 2 rings (SSSR count). The van der Waals surface area contributed by atoms with Crippen molar-refractivity contribution in [1.82, 2.24) is 0 Å². The molecule has 2 aromatic carbocycles. The monoisotopic (exact) mass is 436 g/mol. The van der Waals surface area contributed by atoms with Crippen molar-refractivity contribution in [2.45, 2.75) is 4.90 Å². The summed E-state index contributed by atoms with van der Waals surface area (Å²) in [7, 11) is -4.16. The Bertz CT molecular complexity index is 979. The molecule has 0 spiro atoms. The predicted octanol–water partition coefficient (Wildman–Crippen LogP) is 3.09. The number of sulfonamides is 1. The van der Waals surface area contributed by atoms with Crippen LogP contribution in [0.1, 0.15) is 10.4 Å². The number of primary amides is 1. The molecule has 0 saturated carbocycles. The second-order valence-corrected chi connectivity index (χ2v) is 7.82. The lowest BCUT2D eigenvalue weighted by Gasteiger charge is -2.12. The molecular formula is C15H11Cl3N2O5S. The first-order valence-electron chi connectivity index (χ1n) is 6.83. The molecule has 0 bridgehead atoms. The third-order valence-corrected chi connectivity index (χ3v) is 5.35. The number of anilines is 1. The van der Waals surface area contributed by atoms with Crippen LogP contribution in [0.3, 0.4) is 0 Å². The number of carbonyl (C=O) groups excluding carboxylic acids is 2. The van der Waals surface area contributed by atoms with E-state index >= 15 is 0 Å². The van der Waals surface area contributed by atoms with Crippen molar-refractivity contribution in [1.29, 1.82) is 0 Å². The number of hydrogen-bond acceptors (Lipinski definition) is 5. The van der Waals surface area contributed by atoms with E-state index in [4.69, 9.17) is 40.5 Å². The van der Waals surface area contributed by atoms with E-state index in [2.05, 4.69) is 9.46 Å². The minimum atomic E-state index is -4.16. The fourth-order valence-corrected chi connectivity index (χ4v) is 3.96. The second kappa shape index (κ2) is 8.13. The molecule has 11 heteroatoms. The standard InChI is InChI=1S/C15H11Cl3N2O5S/c16-8-2-1-3-9(4-8)20-26(23,24)13-5-10(11(17)6-12(13)18)15(22)25-7-14(19)21/h1-6,20H,7H2,(H2,19,21). The zero-order valence-corrected chi connectivity index (χ0v) is 15.9. The number of halogens is 3. The Balaban J connectivity index is 2.40. The number of hydrogen-bond donors (Lipinski definition) is 2. The highest BCUT2D eigenvalue weighted by atomic mass is 35.5. The van der Waals surface area contributed by atoms with E-state index in [0.29, 0.717) is 5.02 Å². The summed E-state index contributed by atoms with van der Waals surface area (Å²) in [6.07, 6.45) is 0. The molecule has 0 fully saturated rings. The van der Waals surface area contributed by atoms with Crippen LogP contribution in [0.2, 0.25) is 15.1 Å². The van der Waals surface area contributed by atoms with Crippen LogP contribution in [0.15, 0.2) is 41.3 Å². The van der Waals surface area contributed by atoms with Crippen molar-refractivity contribution in [3.05, 3.63) is 57.0 Å². The maximum absolute atomic E-state index is 12.6. The summed E-state index contributed by atoms with van der Waals surface area (Å²) in [6.45, 7) is -0.680. The SMILES string of the molecule is NC(=O)COC(=O)c1cc(S(=O)(=O)Nc2cccc(Cl)c2)c(Cl)cc1Cl. The number of amides is 1. The molecule has 0 unspecified atom stereocenters. The van der Waals surface area contributed by atoms with Crippen LogP contribution in [-0.4, -0.2) is 26.9 Å². The van der Waals surface area contributed by atoms with Gasteiger partial charge in [-0.25, -0.2) is 13.2 Å². The van der Waals surface area contributed by atoms with E-state index < -0.39 is 33.4 Å². The van der Waals surface area contributed by atoms with Gasteiger partial charge in [-0.05, 0) is 30.3 Å². The number of rotatable bonds is 6. The highest BCUT2D eigenvalue weighted by molar-refractivity contribution is 7.92. The molecule has 2 aromatic rings. The number of nitrogens with two attached hydrogens (primary N) is 1. The molecule has 0 aliphatic carbocycles. The first-order chi connectivity index (χ1) is 12.1. The van der Waals surface area contributed by atoms with Crippen LogP contribution in [0.4, 0.5) is 5.69 Å². The Labute approximate surface area is 164 Å². The van der Waals surface area contributed by atoms with Crippen molar-refractivity contribution < 1.29 is 22.7 Å². The number of nitrogens with one attached hydrogen (secondary N) is 1. The summed E-state index contributed by atoms with van der Waals surface area (Å²) < 4.78 is 32.1. The van der Waals surface area contributed by atoms with Crippen molar-refractivity contribution in [2.24, 2.45) is 5.73 Å². The van der Waals surface area contributed by atoms with E-state index in [9.17, 15) is 18.0 Å². The molecule has 138 valence electrons. The zero-order chi connectivity index (χ0) is 19.5. The Morgan fingerprint density at radius 1 is 1.08 bits per heavy atom. The fourth-order valence-electron chi connectivity index (χ4n) is 1.87. The lowest BCUT2D eigenvalue weighted by molar-refractivity contribution is -0.121. The van der Waals surface area contributed by atoms with Crippen molar-refractivity contribution in [3.63, 3.8) is 0 Å². The number of esters is 1. The molecular weight excluding hydrogens is 427 g/mol. The molecule has 0 heterocycles. The van der Waals surface area contributed by atoms with E-state index in [0.717, 1.165) is 12.1 Å². The van der Waals surface area contributed by atoms with Gasteiger partial charge in [-0.1, -0.05) is 40.9 Å². The molecule has 1 amide bonds. The first-order valence-corrected chi connectivity index (χ1v) is 9.44. The lowest BCUT2D eigenvalue weighted by atomic mass is 10.2. The molecule has 0 aromatic heterocycles. The highest BCUT2D eigenvalue weighted by Gasteiger charge is 2.24. The van der Waals surface area contributed by atoms with Crippen LogP contribution in [0.25, 0.3) is 0 Å². The zero-order valence-electron chi connectivity index (χ0n) is 12.8. The number of carbonyl (C=O) groups is 2. The van der Waals surface area contributed by atoms with E-state index in [1.165, 1.54) is 12.1 Å². The van der Waals surface area contributed by atoms with Gasteiger partial charge in [0.1, 0.15) is 4.90 Å². The first kappa shape index (κ1) is 20.3. The van der Waals surface area contributed by atoms with Crippen LogP contribution < -0.4 is 10.5 Å². The normalized spacial score (nSPS) is 11.0. The summed E-state index contributed by atoms with van der Waals surface area (Å²) in [5, 5.41) is -0.0368. The average molecular weight is 438 g/mol. The fraction of sp³-hybridized carbons (Fsp3) is 0.0667. The van der Waals surface area contributed by atoms with Gasteiger partial charge in [-0.2, -0.15) is 0 Å². The van der Waals surface area contributed by atoms with Crippen molar-refractivity contribution in [2.75, 3.05) is 11.3 Å². The van der Waals surface area contributed by atoms with Gasteiger partial charge in [0.05, 0.1) is 21.3 Å². The van der Waals surface area contributed by atoms with Gasteiger partial charge in [0.25, 0.3) is 15.9 Å². The van der Waals surface area contributed by atoms with Gasteiger partial charge in [0.2, 0.25) is 0 Å². The molecule has 0 aliphatic heterocycles. The number of benzene rings is 2. The van der Waals surface area contributed by atoms with Crippen LogP contribution in [0, 0.1) is 0 Å². The summed E-state index contributed by atoms with van der Waals surface area (Å²) in [5.41, 5.74) is 4.80. The Hall–Kier alpha value is -2.00. The van der Waals surface area contributed by atoms with E-state index in [1.54, 1.807) is 12.1 Å². The Kier molecular flexibility index (Phi) is 6.35. The van der Waals surface area contributed by atoms with Gasteiger partial charge in [0, 0.05) is 5.02 Å². The van der Waals surface area contributed by atoms with E-state index in [-0.39, 0.29) is 21.3 Å². The van der Waals surface area contributed by atoms with Crippen LogP contribution in [0.5, 0.6) is 0 Å². The topological polar surface area (TPSA) is 116 Å². The minimum absolute atomic E-state index is 0.147. The summed E-state index contributed by atoms with van der Waals surface area (Å²) in [5.74, 6) is -1.90. The maximum atomic E-state index is 12.6. The van der Waals surface area contributed by atoms with Gasteiger partial charge in [-0.15, -0.1) is 0 Å². The lowest BCUT2D eigenvalue weighted by Crippen LogP contribution is -2.21. The van der Waals surface area contributed by atoms with Gasteiger partial charge < -0.3 is 10.5 Å². The van der Waals surface area contributed by atoms with Crippen LogP contribution in [-0.2, 0) is 19.6 Å². The second-order valence-electron chi connectivity index (χ2n) is 4.92.